The lowest BCUT2D eigenvalue weighted by Gasteiger charge is -2.11. The Morgan fingerprint density at radius 3 is 1.39 bits per heavy atom. The van der Waals surface area contributed by atoms with E-state index < -0.39 is 7.38 Å². The SMILES string of the molecule is C[Si](C)(Cl)CCCCCCCCCCCCCCCCN=C=O. The van der Waals surface area contributed by atoms with Gasteiger partial charge in [0, 0.05) is 0 Å². The van der Waals surface area contributed by atoms with E-state index in [0.29, 0.717) is 6.54 Å². The quantitative estimate of drug-likeness (QED) is 0.0885. The molecule has 0 amide bonds. The molecule has 0 N–H and O–H groups in total. The highest BCUT2D eigenvalue weighted by molar-refractivity contribution is 7.19. The van der Waals surface area contributed by atoms with Crippen LogP contribution in [0.2, 0.25) is 19.1 Å². The Morgan fingerprint density at radius 2 is 1.04 bits per heavy atom. The minimum absolute atomic E-state index is 0.662. The van der Waals surface area contributed by atoms with Crippen molar-refractivity contribution < 1.29 is 4.79 Å². The lowest BCUT2D eigenvalue weighted by molar-refractivity contribution is 0.535. The molecule has 0 fully saturated rings. The number of carbonyl (C=O) groups excluding carboxylic acids is 1. The predicted molar refractivity (Wildman–Crippen MR) is 106 cm³/mol. The van der Waals surface area contributed by atoms with Crippen LogP contribution >= 0.6 is 11.1 Å². The Morgan fingerprint density at radius 1 is 0.696 bits per heavy atom. The Balaban J connectivity index is 3.04. The van der Waals surface area contributed by atoms with Crippen molar-refractivity contribution >= 4 is 24.5 Å². The van der Waals surface area contributed by atoms with Gasteiger partial charge in [0.1, 0.15) is 7.38 Å². The predicted octanol–water partition coefficient (Wildman–Crippen LogP) is 7.23. The second kappa shape index (κ2) is 16.7. The maximum atomic E-state index is 9.89. The van der Waals surface area contributed by atoms with E-state index in [1.54, 1.807) is 6.08 Å². The van der Waals surface area contributed by atoms with E-state index in [-0.39, 0.29) is 0 Å². The van der Waals surface area contributed by atoms with E-state index in [9.17, 15) is 4.79 Å². The highest BCUT2D eigenvalue weighted by atomic mass is 35.6. The van der Waals surface area contributed by atoms with Gasteiger partial charge in [0.15, 0.2) is 0 Å². The summed E-state index contributed by atoms with van der Waals surface area (Å²) < 4.78 is 0. The van der Waals surface area contributed by atoms with Gasteiger partial charge in [0.2, 0.25) is 6.08 Å². The Labute approximate surface area is 150 Å². The summed E-state index contributed by atoms with van der Waals surface area (Å²) in [6.07, 6.45) is 20.4. The van der Waals surface area contributed by atoms with Gasteiger partial charge in [-0.15, -0.1) is 0 Å². The first-order chi connectivity index (χ1) is 11.1. The summed E-state index contributed by atoms with van der Waals surface area (Å²) in [7, 11) is -1.31. The molecule has 2 nitrogen and oxygen atoms in total. The van der Waals surface area contributed by atoms with Gasteiger partial charge in [-0.05, 0) is 12.5 Å². The molecule has 136 valence electrons. The Hall–Kier alpha value is -0.113. The van der Waals surface area contributed by atoms with Crippen LogP contribution in [0.25, 0.3) is 0 Å². The third kappa shape index (κ3) is 21.9. The zero-order valence-electron chi connectivity index (χ0n) is 15.5. The minimum atomic E-state index is -1.31. The third-order valence-corrected chi connectivity index (χ3v) is 6.47. The fourth-order valence-electron chi connectivity index (χ4n) is 2.90. The Kier molecular flexibility index (Phi) is 16.7. The molecule has 0 saturated carbocycles. The second-order valence-corrected chi connectivity index (χ2v) is 14.4. The normalized spacial score (nSPS) is 11.4. The van der Waals surface area contributed by atoms with Crippen LogP contribution in [0.3, 0.4) is 0 Å². The molecule has 0 radical (unpaired) electrons. The van der Waals surface area contributed by atoms with Crippen molar-refractivity contribution in [2.24, 2.45) is 4.99 Å². The average molecular weight is 360 g/mol. The number of hydrogen-bond acceptors (Lipinski definition) is 2. The van der Waals surface area contributed by atoms with E-state index in [2.05, 4.69) is 18.1 Å². The molecule has 0 atom stereocenters. The van der Waals surface area contributed by atoms with E-state index in [1.807, 2.05) is 0 Å². The van der Waals surface area contributed by atoms with E-state index in [4.69, 9.17) is 11.1 Å². The number of hydrogen-bond donors (Lipinski definition) is 0. The molecule has 0 aromatic carbocycles. The number of halogens is 1. The van der Waals surface area contributed by atoms with Gasteiger partial charge in [-0.3, -0.25) is 0 Å². The first-order valence-corrected chi connectivity index (χ1v) is 14.0. The maximum Gasteiger partial charge on any atom is 0.234 e. The van der Waals surface area contributed by atoms with Crippen molar-refractivity contribution in [1.29, 1.82) is 0 Å². The van der Waals surface area contributed by atoms with E-state index in [0.717, 1.165) is 6.42 Å². The number of unbranched alkanes of at least 4 members (excludes halogenated alkanes) is 13. The van der Waals surface area contributed by atoms with Crippen LogP contribution in [0.15, 0.2) is 4.99 Å². The van der Waals surface area contributed by atoms with Crippen LogP contribution in [0.1, 0.15) is 89.9 Å². The molecular weight excluding hydrogens is 322 g/mol. The van der Waals surface area contributed by atoms with Crippen LogP contribution < -0.4 is 0 Å². The minimum Gasteiger partial charge on any atom is -0.211 e. The van der Waals surface area contributed by atoms with Crippen LogP contribution in [0, 0.1) is 0 Å². The fraction of sp³-hybridized carbons (Fsp3) is 0.947. The molecule has 0 aliphatic heterocycles. The van der Waals surface area contributed by atoms with Gasteiger partial charge in [-0.25, -0.2) is 9.79 Å². The summed E-state index contributed by atoms with van der Waals surface area (Å²) in [5.74, 6) is 0. The monoisotopic (exact) mass is 359 g/mol. The molecule has 23 heavy (non-hydrogen) atoms. The zero-order chi connectivity index (χ0) is 17.2. The van der Waals surface area contributed by atoms with Crippen molar-refractivity contribution in [2.45, 2.75) is 109 Å². The summed E-state index contributed by atoms with van der Waals surface area (Å²) in [6, 6.07) is 1.28. The number of nitrogens with zero attached hydrogens (tertiary/aromatic N) is 1. The highest BCUT2D eigenvalue weighted by Gasteiger charge is 2.15. The zero-order valence-corrected chi connectivity index (χ0v) is 17.3. The van der Waals surface area contributed by atoms with Crippen molar-refractivity contribution in [2.75, 3.05) is 6.54 Å². The molecule has 0 aliphatic rings. The molecule has 0 saturated heterocycles. The average Bonchev–Trinajstić information content (AvgIpc) is 2.49. The number of rotatable bonds is 17. The van der Waals surface area contributed by atoms with Crippen molar-refractivity contribution in [3.05, 3.63) is 0 Å². The van der Waals surface area contributed by atoms with Gasteiger partial charge >= 0.3 is 0 Å². The van der Waals surface area contributed by atoms with Crippen LogP contribution in [-0.4, -0.2) is 20.0 Å². The second-order valence-electron chi connectivity index (χ2n) is 7.39. The van der Waals surface area contributed by atoms with Crippen molar-refractivity contribution in [1.82, 2.24) is 0 Å². The first kappa shape index (κ1) is 22.9. The first-order valence-electron chi connectivity index (χ1n) is 9.79. The number of aliphatic imine (C=N–C) groups is 1. The van der Waals surface area contributed by atoms with Gasteiger partial charge in [0.25, 0.3) is 0 Å². The van der Waals surface area contributed by atoms with Crippen LogP contribution in [-0.2, 0) is 4.79 Å². The molecule has 0 rings (SSSR count). The lowest BCUT2D eigenvalue weighted by Crippen LogP contribution is -2.14. The fourth-order valence-corrected chi connectivity index (χ4v) is 4.39. The number of isocyanates is 1. The molecule has 0 aromatic rings. The van der Waals surface area contributed by atoms with Crippen LogP contribution in [0.4, 0.5) is 0 Å². The summed E-state index contributed by atoms with van der Waals surface area (Å²) in [5.41, 5.74) is 0. The largest absolute Gasteiger partial charge is 0.234 e. The molecule has 0 heterocycles. The maximum absolute atomic E-state index is 9.89. The molecule has 4 heteroatoms. The lowest BCUT2D eigenvalue weighted by atomic mass is 10.0. The van der Waals surface area contributed by atoms with E-state index >= 15 is 0 Å². The molecule has 0 unspecified atom stereocenters. The van der Waals surface area contributed by atoms with Crippen molar-refractivity contribution in [3.63, 3.8) is 0 Å². The standard InChI is InChI=1S/C19H38ClNOSi/c1-23(2,20)18-16-14-12-10-8-6-4-3-5-7-9-11-13-15-17-21-19-22/h3-18H2,1-2H3. The summed E-state index contributed by atoms with van der Waals surface area (Å²) in [6.45, 7) is 5.16. The topological polar surface area (TPSA) is 29.4 Å². The highest BCUT2D eigenvalue weighted by Crippen LogP contribution is 2.19. The molecule has 0 aromatic heterocycles. The van der Waals surface area contributed by atoms with Gasteiger partial charge in [0.05, 0.1) is 6.54 Å². The molecular formula is C19H38ClNOSi. The molecule has 0 spiro atoms. The smallest absolute Gasteiger partial charge is 0.211 e. The molecule has 0 bridgehead atoms. The Bertz CT molecular complexity index is 298. The van der Waals surface area contributed by atoms with Crippen LogP contribution in [0.5, 0.6) is 0 Å². The summed E-state index contributed by atoms with van der Waals surface area (Å²) in [4.78, 5) is 13.5. The molecule has 0 aliphatic carbocycles. The third-order valence-electron chi connectivity index (χ3n) is 4.36. The summed E-state index contributed by atoms with van der Waals surface area (Å²) >= 11 is 6.33. The van der Waals surface area contributed by atoms with Gasteiger partial charge in [-0.2, -0.15) is 11.1 Å². The van der Waals surface area contributed by atoms with Gasteiger partial charge in [-0.1, -0.05) is 96.6 Å². The van der Waals surface area contributed by atoms with E-state index in [1.165, 1.54) is 89.5 Å². The summed E-state index contributed by atoms with van der Waals surface area (Å²) in [5, 5.41) is 0. The van der Waals surface area contributed by atoms with Crippen molar-refractivity contribution in [3.8, 4) is 0 Å². The van der Waals surface area contributed by atoms with Gasteiger partial charge < -0.3 is 0 Å².